The Labute approximate surface area is 135 Å². The lowest BCUT2D eigenvalue weighted by Crippen LogP contribution is -2.13. The van der Waals surface area contributed by atoms with Crippen LogP contribution in [0.1, 0.15) is 25.8 Å². The number of rotatable bonds is 8. The van der Waals surface area contributed by atoms with Gasteiger partial charge in [0, 0.05) is 31.0 Å². The molecule has 0 bridgehead atoms. The van der Waals surface area contributed by atoms with Crippen LogP contribution in [0.15, 0.2) is 24.4 Å². The van der Waals surface area contributed by atoms with E-state index in [9.17, 15) is 0 Å². The van der Waals surface area contributed by atoms with E-state index < -0.39 is 0 Å². The largest absolute Gasteiger partial charge is 0.385 e. The molecule has 0 N–H and O–H groups in total. The van der Waals surface area contributed by atoms with Crippen LogP contribution in [0.4, 0.5) is 0 Å². The highest BCUT2D eigenvalue weighted by molar-refractivity contribution is 9.09. The summed E-state index contributed by atoms with van der Waals surface area (Å²) in [5.41, 5.74) is 2.63. The average Bonchev–Trinajstić information content (AvgIpc) is 2.87. The first-order valence-electron chi connectivity index (χ1n) is 7.65. The number of hydrogen-bond acceptors (Lipinski definition) is 2. The van der Waals surface area contributed by atoms with Crippen molar-refractivity contribution in [3.8, 4) is 0 Å². The Morgan fingerprint density at radius 3 is 2.81 bits per heavy atom. The maximum absolute atomic E-state index is 5.12. The molecule has 2 aromatic rings. The summed E-state index contributed by atoms with van der Waals surface area (Å²) < 4.78 is 7.22. The van der Waals surface area contributed by atoms with Crippen molar-refractivity contribution < 1.29 is 4.74 Å². The number of methoxy groups -OCH3 is 1. The minimum Gasteiger partial charge on any atom is -0.385 e. The summed E-state index contributed by atoms with van der Waals surface area (Å²) in [6.07, 6.45) is 4.06. The highest BCUT2D eigenvalue weighted by Gasteiger charge is 2.13. The van der Waals surface area contributed by atoms with Gasteiger partial charge in [-0.1, -0.05) is 41.9 Å². The molecular formula is C17H25BrN2O. The van der Waals surface area contributed by atoms with Gasteiger partial charge in [-0.25, -0.2) is 0 Å². The van der Waals surface area contributed by atoms with Gasteiger partial charge in [0.1, 0.15) is 0 Å². The minimum atomic E-state index is 0.673. The van der Waals surface area contributed by atoms with Crippen molar-refractivity contribution in [3.63, 3.8) is 0 Å². The van der Waals surface area contributed by atoms with Crippen molar-refractivity contribution in [1.82, 2.24) is 9.78 Å². The lowest BCUT2D eigenvalue weighted by Gasteiger charge is -2.18. The van der Waals surface area contributed by atoms with Gasteiger partial charge < -0.3 is 4.74 Å². The van der Waals surface area contributed by atoms with E-state index in [1.807, 2.05) is 6.20 Å². The normalized spacial score (nSPS) is 13.2. The Morgan fingerprint density at radius 2 is 2.14 bits per heavy atom. The fourth-order valence-electron chi connectivity index (χ4n) is 2.55. The average molecular weight is 353 g/mol. The number of halogens is 1. The SMILES string of the molecule is COCCCn1ncc2ccc(CC(CBr)C(C)C)cc21. The summed E-state index contributed by atoms with van der Waals surface area (Å²) in [7, 11) is 1.74. The van der Waals surface area contributed by atoms with Gasteiger partial charge in [-0.15, -0.1) is 0 Å². The van der Waals surface area contributed by atoms with Crippen molar-refractivity contribution >= 4 is 26.8 Å². The molecule has 0 saturated carbocycles. The van der Waals surface area contributed by atoms with E-state index in [-0.39, 0.29) is 0 Å². The van der Waals surface area contributed by atoms with Gasteiger partial charge in [0.25, 0.3) is 0 Å². The number of hydrogen-bond donors (Lipinski definition) is 0. The Bertz CT molecular complexity index is 565. The molecule has 4 heteroatoms. The molecule has 0 radical (unpaired) electrons. The van der Waals surface area contributed by atoms with Gasteiger partial charge in [-0.2, -0.15) is 5.10 Å². The number of ether oxygens (including phenoxy) is 1. The molecule has 116 valence electrons. The molecule has 2 rings (SSSR count). The fourth-order valence-corrected chi connectivity index (χ4v) is 3.53. The lowest BCUT2D eigenvalue weighted by molar-refractivity contribution is 0.189. The number of nitrogens with zero attached hydrogens (tertiary/aromatic N) is 2. The van der Waals surface area contributed by atoms with E-state index in [4.69, 9.17) is 4.74 Å². The molecule has 1 unspecified atom stereocenters. The van der Waals surface area contributed by atoms with Crippen LogP contribution < -0.4 is 0 Å². The number of fused-ring (bicyclic) bond motifs is 1. The Morgan fingerprint density at radius 1 is 1.33 bits per heavy atom. The van der Waals surface area contributed by atoms with Crippen molar-refractivity contribution in [2.24, 2.45) is 11.8 Å². The molecule has 0 saturated heterocycles. The molecule has 0 aliphatic heterocycles. The molecule has 3 nitrogen and oxygen atoms in total. The molecule has 0 fully saturated rings. The van der Waals surface area contributed by atoms with Crippen LogP contribution in [0.5, 0.6) is 0 Å². The van der Waals surface area contributed by atoms with Crippen LogP contribution in [0.3, 0.4) is 0 Å². The predicted molar refractivity (Wildman–Crippen MR) is 92.1 cm³/mol. The van der Waals surface area contributed by atoms with Gasteiger partial charge in [0.2, 0.25) is 0 Å². The molecule has 0 aliphatic rings. The Kier molecular flexibility index (Phi) is 6.24. The first-order valence-corrected chi connectivity index (χ1v) is 8.77. The smallest absolute Gasteiger partial charge is 0.0685 e. The van der Waals surface area contributed by atoms with Crippen LogP contribution in [0.25, 0.3) is 10.9 Å². The summed E-state index contributed by atoms with van der Waals surface area (Å²) in [4.78, 5) is 0. The van der Waals surface area contributed by atoms with Gasteiger partial charge in [-0.05, 0) is 36.3 Å². The molecule has 21 heavy (non-hydrogen) atoms. The number of benzene rings is 1. The van der Waals surface area contributed by atoms with E-state index in [0.717, 1.165) is 31.3 Å². The second-order valence-corrected chi connectivity index (χ2v) is 6.62. The number of aryl methyl sites for hydroxylation is 1. The zero-order valence-electron chi connectivity index (χ0n) is 13.2. The first kappa shape index (κ1) is 16.5. The van der Waals surface area contributed by atoms with E-state index in [2.05, 4.69) is 57.8 Å². The molecule has 1 aromatic heterocycles. The second kappa shape index (κ2) is 7.95. The monoisotopic (exact) mass is 352 g/mol. The molecule has 0 aliphatic carbocycles. The van der Waals surface area contributed by atoms with E-state index in [1.165, 1.54) is 16.5 Å². The third-order valence-electron chi connectivity index (χ3n) is 4.07. The number of aromatic nitrogens is 2. The van der Waals surface area contributed by atoms with E-state index in [0.29, 0.717) is 11.8 Å². The third-order valence-corrected chi connectivity index (χ3v) is 4.90. The summed E-state index contributed by atoms with van der Waals surface area (Å²) in [5, 5.41) is 6.76. The van der Waals surface area contributed by atoms with Crippen molar-refractivity contribution in [1.29, 1.82) is 0 Å². The van der Waals surface area contributed by atoms with Crippen molar-refractivity contribution in [2.45, 2.75) is 33.2 Å². The zero-order valence-corrected chi connectivity index (χ0v) is 14.8. The summed E-state index contributed by atoms with van der Waals surface area (Å²) >= 11 is 3.64. The molecule has 0 amide bonds. The quantitative estimate of drug-likeness (QED) is 0.523. The van der Waals surface area contributed by atoms with Crippen LogP contribution in [-0.4, -0.2) is 28.8 Å². The molecule has 1 aromatic carbocycles. The zero-order chi connectivity index (χ0) is 15.2. The van der Waals surface area contributed by atoms with Crippen LogP contribution >= 0.6 is 15.9 Å². The highest BCUT2D eigenvalue weighted by atomic mass is 79.9. The molecule has 0 spiro atoms. The Hall–Kier alpha value is -0.870. The summed E-state index contributed by atoms with van der Waals surface area (Å²) in [5.74, 6) is 1.36. The fraction of sp³-hybridized carbons (Fsp3) is 0.588. The van der Waals surface area contributed by atoms with E-state index >= 15 is 0 Å². The highest BCUT2D eigenvalue weighted by Crippen LogP contribution is 2.22. The summed E-state index contributed by atoms with van der Waals surface area (Å²) in [6, 6.07) is 6.73. The van der Waals surface area contributed by atoms with Crippen molar-refractivity contribution in [3.05, 3.63) is 30.0 Å². The lowest BCUT2D eigenvalue weighted by atomic mass is 9.91. The predicted octanol–water partition coefficient (Wildman–Crippen LogP) is 4.28. The maximum atomic E-state index is 5.12. The summed E-state index contributed by atoms with van der Waals surface area (Å²) in [6.45, 7) is 6.27. The van der Waals surface area contributed by atoms with Gasteiger partial charge in [0.05, 0.1) is 11.7 Å². The van der Waals surface area contributed by atoms with Gasteiger partial charge in [0.15, 0.2) is 0 Å². The minimum absolute atomic E-state index is 0.673. The molecular weight excluding hydrogens is 328 g/mol. The molecule has 1 heterocycles. The number of alkyl halides is 1. The topological polar surface area (TPSA) is 27.1 Å². The van der Waals surface area contributed by atoms with Crippen LogP contribution in [0.2, 0.25) is 0 Å². The second-order valence-electron chi connectivity index (χ2n) is 5.97. The molecule has 1 atom stereocenters. The maximum Gasteiger partial charge on any atom is 0.0685 e. The van der Waals surface area contributed by atoms with Crippen molar-refractivity contribution in [2.75, 3.05) is 19.0 Å². The third kappa shape index (κ3) is 4.30. The standard InChI is InChI=1S/C17H25BrN2O/c1-13(2)16(11-18)9-14-5-6-15-12-19-20(17(15)10-14)7-4-8-21-3/h5-6,10,12-13,16H,4,7-9,11H2,1-3H3. The van der Waals surface area contributed by atoms with Gasteiger partial charge >= 0.3 is 0 Å². The van der Waals surface area contributed by atoms with Gasteiger partial charge in [-0.3, -0.25) is 4.68 Å². The van der Waals surface area contributed by atoms with Crippen LogP contribution in [-0.2, 0) is 17.7 Å². The first-order chi connectivity index (χ1) is 10.2. The van der Waals surface area contributed by atoms with E-state index in [1.54, 1.807) is 7.11 Å². The van der Waals surface area contributed by atoms with Crippen LogP contribution in [0, 0.1) is 11.8 Å². The Balaban J connectivity index is 2.17.